The molecule has 8 aromatic rings. The van der Waals surface area contributed by atoms with Gasteiger partial charge in [-0.2, -0.15) is 0 Å². The lowest BCUT2D eigenvalue weighted by atomic mass is 10.1. The van der Waals surface area contributed by atoms with E-state index in [9.17, 15) is 8.78 Å². The highest BCUT2D eigenvalue weighted by atomic mass is 35.5. The lowest BCUT2D eigenvalue weighted by Crippen LogP contribution is -2.48. The highest BCUT2D eigenvalue weighted by Crippen LogP contribution is 2.22. The average molecular weight is 1950 g/mol. The van der Waals surface area contributed by atoms with E-state index in [1.807, 2.05) is 55.2 Å². The van der Waals surface area contributed by atoms with Crippen molar-refractivity contribution in [2.45, 2.75) is 239 Å². The first kappa shape index (κ1) is 114. The quantitative estimate of drug-likeness (QED) is 0.0526. The fourth-order valence-electron chi connectivity index (χ4n) is 18.4. The number of aromatic nitrogens is 8. The van der Waals surface area contributed by atoms with Crippen LogP contribution >= 0.6 is 34.8 Å². The van der Waals surface area contributed by atoms with Gasteiger partial charge in [-0.05, 0) is 238 Å². The van der Waals surface area contributed by atoms with Gasteiger partial charge in [0.1, 0.15) is 16.8 Å². The molecule has 0 amide bonds. The van der Waals surface area contributed by atoms with Crippen LogP contribution in [0.3, 0.4) is 0 Å². The smallest absolute Gasteiger partial charge is 0.141 e. The summed E-state index contributed by atoms with van der Waals surface area (Å²) >= 11 is 17.5. The summed E-state index contributed by atoms with van der Waals surface area (Å²) in [4.78, 5) is 73.6. The van der Waals surface area contributed by atoms with E-state index in [0.29, 0.717) is 58.5 Å². The number of halogens is 5. The molecule has 0 aromatic carbocycles. The fourth-order valence-corrected chi connectivity index (χ4v) is 18.8. The molecule has 8 aliphatic rings. The summed E-state index contributed by atoms with van der Waals surface area (Å²) < 4.78 is 25.7. The molecule has 0 N–H and O–H groups in total. The summed E-state index contributed by atoms with van der Waals surface area (Å²) in [5.41, 5.74) is 14.1. The third-order valence-corrected chi connectivity index (χ3v) is 27.9. The predicted octanol–water partition coefficient (Wildman–Crippen LogP) is 16.3. The van der Waals surface area contributed by atoms with Gasteiger partial charge in [0, 0.05) is 371 Å². The van der Waals surface area contributed by atoms with Crippen molar-refractivity contribution < 1.29 is 8.78 Å². The second kappa shape index (κ2) is 60.7. The molecular weight excluding hydrogens is 1780 g/mol. The average Bonchev–Trinajstić information content (AvgIpc) is 0.828. The molecule has 0 aliphatic carbocycles. The van der Waals surface area contributed by atoms with E-state index >= 15 is 0 Å². The molecule has 24 nitrogen and oxygen atoms in total. The predicted molar refractivity (Wildman–Crippen MR) is 564 cm³/mol. The fraction of sp³-hybridized carbons (Fsp3) is 0.630. The van der Waals surface area contributed by atoms with Gasteiger partial charge in [-0.1, -0.05) is 53.0 Å². The summed E-state index contributed by atoms with van der Waals surface area (Å²) in [6.45, 7) is 88.7. The van der Waals surface area contributed by atoms with Crippen LogP contribution in [0.2, 0.25) is 15.2 Å². The van der Waals surface area contributed by atoms with Crippen LogP contribution in [0.5, 0.6) is 0 Å². The first-order chi connectivity index (χ1) is 65.6. The van der Waals surface area contributed by atoms with Gasteiger partial charge in [0.05, 0.1) is 39.5 Å². The molecule has 0 bridgehead atoms. The number of nitrogens with zero attached hydrogens (tertiary/aromatic N) is 24. The first-order valence-corrected chi connectivity index (χ1v) is 52.2. The Bertz CT molecular complexity index is 4100. The number of piperazine rings is 8. The minimum Gasteiger partial charge on any atom is -0.298 e. The maximum Gasteiger partial charge on any atom is 0.141 e. The van der Waals surface area contributed by atoms with Crippen molar-refractivity contribution in [3.8, 4) is 0 Å². The largest absolute Gasteiger partial charge is 0.298 e. The summed E-state index contributed by atoms with van der Waals surface area (Å²) in [5.74, 6) is -0.512. The molecule has 8 aliphatic heterocycles. The van der Waals surface area contributed by atoms with E-state index in [1.165, 1.54) is 136 Å². The summed E-state index contributed by atoms with van der Waals surface area (Å²) in [7, 11) is 0. The van der Waals surface area contributed by atoms with Gasteiger partial charge in [-0.25, -0.2) is 13.8 Å². The zero-order valence-electron chi connectivity index (χ0n) is 87.3. The van der Waals surface area contributed by atoms with Crippen LogP contribution in [0.25, 0.3) is 0 Å². The van der Waals surface area contributed by atoms with Crippen molar-refractivity contribution in [1.82, 2.24) is 118 Å². The minimum atomic E-state index is -0.265. The summed E-state index contributed by atoms with van der Waals surface area (Å²) in [5, 5.41) is 2.00. The molecule has 8 aromatic heterocycles. The third kappa shape index (κ3) is 43.6. The van der Waals surface area contributed by atoms with Crippen LogP contribution in [0.15, 0.2) is 141 Å². The molecule has 0 radical (unpaired) electrons. The van der Waals surface area contributed by atoms with Crippen molar-refractivity contribution in [2.75, 3.05) is 209 Å². The van der Waals surface area contributed by atoms with Crippen LogP contribution in [0, 0.1) is 39.3 Å². The number of rotatable bonds is 24. The number of hydrogen-bond acceptors (Lipinski definition) is 24. The summed E-state index contributed by atoms with van der Waals surface area (Å²) in [6.07, 6.45) is 17.3. The van der Waals surface area contributed by atoms with E-state index in [-0.39, 0.29) is 11.6 Å². The molecule has 0 saturated carbocycles. The van der Waals surface area contributed by atoms with E-state index in [1.54, 1.807) is 30.7 Å². The molecule has 8 fully saturated rings. The lowest BCUT2D eigenvalue weighted by molar-refractivity contribution is 0.103. The topological polar surface area (TPSA) is 155 Å². The van der Waals surface area contributed by atoms with Crippen molar-refractivity contribution in [2.24, 2.45) is 0 Å². The highest BCUT2D eigenvalue weighted by molar-refractivity contribution is 6.30. The number of aryl methyl sites for hydroxylation is 4. The van der Waals surface area contributed by atoms with Gasteiger partial charge < -0.3 is 0 Å². The second-order valence-electron chi connectivity index (χ2n) is 40.6. The van der Waals surface area contributed by atoms with Crippen molar-refractivity contribution in [3.63, 3.8) is 0 Å². The van der Waals surface area contributed by atoms with Gasteiger partial charge in [0.2, 0.25) is 0 Å². The van der Waals surface area contributed by atoms with Gasteiger partial charge in [-0.15, -0.1) is 0 Å². The van der Waals surface area contributed by atoms with E-state index in [2.05, 4.69) is 293 Å². The molecular formula is C108H171Cl3F2N24. The van der Waals surface area contributed by atoms with E-state index in [4.69, 9.17) is 34.8 Å². The Balaban J connectivity index is 0.000000175. The third-order valence-electron chi connectivity index (χ3n) is 27.2. The Hall–Kier alpha value is -6.71. The highest BCUT2D eigenvalue weighted by Gasteiger charge is 2.27. The van der Waals surface area contributed by atoms with Crippen LogP contribution in [-0.2, 0) is 52.4 Å². The van der Waals surface area contributed by atoms with Gasteiger partial charge in [-0.3, -0.25) is 113 Å². The number of hydrogen-bond donors (Lipinski definition) is 0. The molecule has 16 heterocycles. The van der Waals surface area contributed by atoms with Gasteiger partial charge in [0.25, 0.3) is 0 Å². The molecule has 137 heavy (non-hydrogen) atoms. The normalized spacial score (nSPS) is 18.8. The monoisotopic (exact) mass is 1950 g/mol. The van der Waals surface area contributed by atoms with Crippen LogP contribution in [0.4, 0.5) is 8.78 Å². The van der Waals surface area contributed by atoms with Gasteiger partial charge >= 0.3 is 0 Å². The van der Waals surface area contributed by atoms with Crippen LogP contribution in [0.1, 0.15) is 178 Å². The zero-order valence-corrected chi connectivity index (χ0v) is 89.6. The maximum absolute atomic E-state index is 13.0. The second-order valence-corrected chi connectivity index (χ2v) is 41.9. The van der Waals surface area contributed by atoms with E-state index in [0.717, 1.165) is 217 Å². The van der Waals surface area contributed by atoms with Crippen LogP contribution in [-0.4, -0.2) is 376 Å². The van der Waals surface area contributed by atoms with Crippen LogP contribution < -0.4 is 0 Å². The zero-order chi connectivity index (χ0) is 98.9. The Morgan fingerprint density at radius 2 is 0.533 bits per heavy atom. The minimum absolute atomic E-state index is 0.247. The maximum atomic E-state index is 13.0. The summed E-state index contributed by atoms with van der Waals surface area (Å²) in [6, 6.07) is 30.9. The lowest BCUT2D eigenvalue weighted by Gasteiger charge is -2.37. The number of pyridine rings is 8. The first-order valence-electron chi connectivity index (χ1n) is 51.1. The van der Waals surface area contributed by atoms with E-state index < -0.39 is 0 Å². The van der Waals surface area contributed by atoms with Crippen molar-refractivity contribution in [1.29, 1.82) is 0 Å². The molecule has 16 rings (SSSR count). The molecule has 29 heteroatoms. The SMILES string of the molecule is CC(C)N1CCN(Cc2ccc(Cl)cn2)CC1.CC(C)N1CCN(Cc2ccc(Cl)nc2)CC1.CC(C)N1CCN(Cc2ccc(F)cn2)CC1.CC(C)N1CCN(Cc2cncc(Cl)c2)CC1.CC(C)N1CCN(Cc2cncc(F)c2)CC1.Cc1cc(CN2CCN(C(C)C)CC2)cc(C)n1.Cc1ccc(CN2CCN(C(C)C)CC2)nc1.Cc1cncc(CN2CCN(C(C)C)CC2)c1. The Morgan fingerprint density at radius 1 is 0.234 bits per heavy atom. The Kier molecular flexibility index (Phi) is 50.4. The molecule has 758 valence electrons. The van der Waals surface area contributed by atoms with Crippen molar-refractivity contribution in [3.05, 3.63) is 235 Å². The molecule has 0 spiro atoms. The molecule has 8 saturated heterocycles. The van der Waals surface area contributed by atoms with Gasteiger partial charge in [0.15, 0.2) is 0 Å². The molecule has 0 unspecified atom stereocenters. The standard InChI is InChI=1S/C15H25N3.2C14H23N3.3C13H20ClN3.2C13H20FN3/c1-12(2)18-7-5-17(6-8-18)11-15-9-13(3)16-14(4)10-15;1-12(2)17-6-4-16(5-7-17)11-14-8-13(3)9-15-10-14;1-12(2)17-8-6-16(7-9-17)11-14-5-4-13(3)10-15-14;1-11(2)17-5-3-16(4-6-17)10-12-7-13(14)9-15-8-12;1-11(2)17-7-5-16(6-8-17)10-13-4-3-12(14)9-15-13;1-11(2)17-7-5-16(6-8-17)10-12-3-4-13(14)15-9-12;1-11(2)17-5-3-16(4-6-17)10-12-7-13(14)9-15-8-12;1-11(2)17-7-5-16(6-8-17)10-13-4-3-12(14)9-15-13/h9-10,12H,5-8,11H2,1-4H3;8-10,12H,4-7,11H2,1-3H3;4-5,10,12H,6-9,11H2,1-3H3;7-9,11H,3-6,10H2,1-2H3;2*3-4,9,11H,5-8,10H2,1-2H3;7-9,11H,3-6,10H2,1-2H3;3-4,9,11H,5-8,10H2,1-2H3. The Labute approximate surface area is 840 Å². The Morgan fingerprint density at radius 3 is 0.825 bits per heavy atom. The van der Waals surface area contributed by atoms with Crippen molar-refractivity contribution >= 4 is 34.8 Å². The molecule has 0 atom stereocenters.